The lowest BCUT2D eigenvalue weighted by molar-refractivity contribution is 0.205. The number of nitrogens with one attached hydrogen (secondary N) is 1. The second kappa shape index (κ2) is 7.17. The van der Waals surface area contributed by atoms with Gasteiger partial charge >= 0.3 is 0 Å². The number of hydrogen-bond acceptors (Lipinski definition) is 4. The van der Waals surface area contributed by atoms with Crippen LogP contribution in [0.4, 0.5) is 5.69 Å². The molecule has 0 heterocycles. The minimum absolute atomic E-state index is 0.0647. The number of aliphatic imine (C=N–C) groups is 1. The van der Waals surface area contributed by atoms with Crippen molar-refractivity contribution in [2.24, 2.45) is 10.7 Å². The number of likely N-dealkylation sites (N-methyl/N-ethyl adjacent to an activating group) is 1. The number of rotatable bonds is 6. The molecule has 0 aliphatic rings. The molecule has 0 saturated heterocycles. The molecule has 0 aliphatic heterocycles. The monoisotopic (exact) mass is 294 g/mol. The van der Waals surface area contributed by atoms with Crippen molar-refractivity contribution < 1.29 is 9.47 Å². The van der Waals surface area contributed by atoms with Crippen LogP contribution in [0.3, 0.4) is 0 Å². The molecule has 6 heteroatoms. The normalized spacial score (nSPS) is 12.4. The lowest BCUT2D eigenvalue weighted by Crippen LogP contribution is -2.41. The van der Waals surface area contributed by atoms with Gasteiger partial charge in [0.25, 0.3) is 0 Å². The van der Waals surface area contributed by atoms with Gasteiger partial charge in [-0.1, -0.05) is 0 Å². The average molecular weight is 294 g/mol. The van der Waals surface area contributed by atoms with Gasteiger partial charge in [0.1, 0.15) is 11.5 Å². The van der Waals surface area contributed by atoms with E-state index in [4.69, 9.17) is 15.2 Å². The van der Waals surface area contributed by atoms with Crippen molar-refractivity contribution in [2.75, 3.05) is 40.2 Å². The summed E-state index contributed by atoms with van der Waals surface area (Å²) in [5, 5.41) is 3.05. The van der Waals surface area contributed by atoms with Gasteiger partial charge in [0.05, 0.1) is 26.5 Å². The third kappa shape index (κ3) is 4.82. The highest BCUT2D eigenvalue weighted by molar-refractivity contribution is 5.94. The van der Waals surface area contributed by atoms with Crippen LogP contribution in [0.15, 0.2) is 23.2 Å². The van der Waals surface area contributed by atoms with Gasteiger partial charge in [-0.2, -0.15) is 0 Å². The maximum Gasteiger partial charge on any atom is 0.193 e. The molecule has 0 radical (unpaired) electrons. The third-order valence-electron chi connectivity index (χ3n) is 3.52. The van der Waals surface area contributed by atoms with Crippen LogP contribution in [-0.4, -0.2) is 51.3 Å². The van der Waals surface area contributed by atoms with Gasteiger partial charge in [-0.15, -0.1) is 0 Å². The lowest BCUT2D eigenvalue weighted by Gasteiger charge is -2.30. The number of guanidine groups is 1. The number of hydrogen-bond donors (Lipinski definition) is 2. The van der Waals surface area contributed by atoms with Gasteiger partial charge in [-0.05, 0) is 40.1 Å². The van der Waals surface area contributed by atoms with Crippen molar-refractivity contribution in [2.45, 2.75) is 19.4 Å². The number of benzene rings is 1. The predicted molar refractivity (Wildman–Crippen MR) is 87.4 cm³/mol. The first-order valence-corrected chi connectivity index (χ1v) is 6.76. The Bertz CT molecular complexity index is 498. The summed E-state index contributed by atoms with van der Waals surface area (Å²) in [7, 11) is 7.26. The first-order chi connectivity index (χ1) is 9.80. The van der Waals surface area contributed by atoms with E-state index in [0.717, 1.165) is 11.4 Å². The second-order valence-electron chi connectivity index (χ2n) is 5.60. The van der Waals surface area contributed by atoms with Gasteiger partial charge in [-0.25, -0.2) is 0 Å². The fraction of sp³-hybridized carbons (Fsp3) is 0.533. The van der Waals surface area contributed by atoms with Crippen molar-refractivity contribution in [1.82, 2.24) is 4.90 Å². The van der Waals surface area contributed by atoms with Crippen molar-refractivity contribution in [1.29, 1.82) is 0 Å². The van der Waals surface area contributed by atoms with E-state index >= 15 is 0 Å². The molecule has 0 spiro atoms. The van der Waals surface area contributed by atoms with E-state index in [-0.39, 0.29) is 5.54 Å². The van der Waals surface area contributed by atoms with Gasteiger partial charge < -0.3 is 25.4 Å². The van der Waals surface area contributed by atoms with Crippen molar-refractivity contribution in [3.63, 3.8) is 0 Å². The third-order valence-corrected chi connectivity index (χ3v) is 3.52. The summed E-state index contributed by atoms with van der Waals surface area (Å²) in [6.45, 7) is 4.80. The van der Waals surface area contributed by atoms with Crippen molar-refractivity contribution >= 4 is 11.6 Å². The Hall–Kier alpha value is -1.95. The van der Waals surface area contributed by atoms with Gasteiger partial charge in [-0.3, -0.25) is 4.99 Å². The quantitative estimate of drug-likeness (QED) is 0.618. The lowest BCUT2D eigenvalue weighted by atomic mass is 10.1. The van der Waals surface area contributed by atoms with E-state index in [1.807, 2.05) is 32.3 Å². The Morgan fingerprint density at radius 3 is 2.48 bits per heavy atom. The van der Waals surface area contributed by atoms with E-state index < -0.39 is 0 Å². The predicted octanol–water partition coefficient (Wildman–Crippen LogP) is 1.77. The fourth-order valence-corrected chi connectivity index (χ4v) is 1.51. The SMILES string of the molecule is COc1ccc(OC)c(NC(N)=NCC(C)(C)N(C)C)c1. The largest absolute Gasteiger partial charge is 0.497 e. The molecule has 3 N–H and O–H groups in total. The van der Waals surface area contributed by atoms with Gasteiger partial charge in [0.15, 0.2) is 5.96 Å². The molecule has 0 bridgehead atoms. The van der Waals surface area contributed by atoms with Crippen LogP contribution in [0, 0.1) is 0 Å². The summed E-state index contributed by atoms with van der Waals surface area (Å²) in [5.41, 5.74) is 6.61. The first kappa shape index (κ1) is 17.1. The van der Waals surface area contributed by atoms with E-state index in [1.54, 1.807) is 14.2 Å². The summed E-state index contributed by atoms with van der Waals surface area (Å²) >= 11 is 0. The molecule has 0 aromatic heterocycles. The summed E-state index contributed by atoms with van der Waals surface area (Å²) < 4.78 is 10.5. The zero-order chi connectivity index (χ0) is 16.0. The van der Waals surface area contributed by atoms with Crippen LogP contribution in [0.25, 0.3) is 0 Å². The topological polar surface area (TPSA) is 72.1 Å². The van der Waals surface area contributed by atoms with Gasteiger partial charge in [0, 0.05) is 11.6 Å². The van der Waals surface area contributed by atoms with E-state index in [0.29, 0.717) is 18.3 Å². The highest BCUT2D eigenvalue weighted by Crippen LogP contribution is 2.28. The molecule has 0 amide bonds. The van der Waals surface area contributed by atoms with E-state index in [2.05, 4.69) is 29.1 Å². The highest BCUT2D eigenvalue weighted by atomic mass is 16.5. The fourth-order valence-electron chi connectivity index (χ4n) is 1.51. The maximum atomic E-state index is 5.95. The van der Waals surface area contributed by atoms with Crippen LogP contribution in [0.2, 0.25) is 0 Å². The van der Waals surface area contributed by atoms with Crippen molar-refractivity contribution in [3.05, 3.63) is 18.2 Å². The number of nitrogens with two attached hydrogens (primary N) is 1. The minimum atomic E-state index is -0.0647. The number of anilines is 1. The summed E-state index contributed by atoms with van der Waals surface area (Å²) in [6.07, 6.45) is 0. The Kier molecular flexibility index (Phi) is 5.84. The van der Waals surface area contributed by atoms with Crippen LogP contribution in [-0.2, 0) is 0 Å². The zero-order valence-electron chi connectivity index (χ0n) is 13.7. The van der Waals surface area contributed by atoms with E-state index in [1.165, 1.54) is 0 Å². The Morgan fingerprint density at radius 2 is 1.95 bits per heavy atom. The molecule has 0 unspecified atom stereocenters. The average Bonchev–Trinajstić information content (AvgIpc) is 2.45. The minimum Gasteiger partial charge on any atom is -0.497 e. The number of nitrogens with zero attached hydrogens (tertiary/aromatic N) is 2. The molecule has 0 fully saturated rings. The molecule has 0 aliphatic carbocycles. The van der Waals surface area contributed by atoms with E-state index in [9.17, 15) is 0 Å². The van der Waals surface area contributed by atoms with Crippen LogP contribution in [0.1, 0.15) is 13.8 Å². The number of methoxy groups -OCH3 is 2. The Labute approximate surface area is 126 Å². The molecule has 21 heavy (non-hydrogen) atoms. The molecule has 0 saturated carbocycles. The Morgan fingerprint density at radius 1 is 1.29 bits per heavy atom. The van der Waals surface area contributed by atoms with Gasteiger partial charge in [0.2, 0.25) is 0 Å². The molecule has 1 aromatic carbocycles. The molecule has 118 valence electrons. The first-order valence-electron chi connectivity index (χ1n) is 6.76. The van der Waals surface area contributed by atoms with Crippen molar-refractivity contribution in [3.8, 4) is 11.5 Å². The zero-order valence-corrected chi connectivity index (χ0v) is 13.7. The molecule has 6 nitrogen and oxygen atoms in total. The Balaban J connectivity index is 2.85. The maximum absolute atomic E-state index is 5.95. The van der Waals surface area contributed by atoms with Crippen LogP contribution >= 0.6 is 0 Å². The summed E-state index contributed by atoms with van der Waals surface area (Å²) in [6, 6.07) is 5.46. The molecule has 1 aromatic rings. The molecular formula is C15H26N4O2. The number of ether oxygens (including phenoxy) is 2. The van der Waals surface area contributed by atoms with Crippen LogP contribution in [0.5, 0.6) is 11.5 Å². The standard InChI is InChI=1S/C15H26N4O2/c1-15(2,19(3)4)10-17-14(16)18-12-9-11(20-5)7-8-13(12)21-6/h7-9H,10H2,1-6H3,(H3,16,17,18). The summed E-state index contributed by atoms with van der Waals surface area (Å²) in [5.74, 6) is 1.75. The summed E-state index contributed by atoms with van der Waals surface area (Å²) in [4.78, 5) is 6.50. The molecule has 1 rings (SSSR count). The molecule has 0 atom stereocenters. The second-order valence-corrected chi connectivity index (χ2v) is 5.60. The highest BCUT2D eigenvalue weighted by Gasteiger charge is 2.19. The van der Waals surface area contributed by atoms with Crippen LogP contribution < -0.4 is 20.5 Å². The smallest absolute Gasteiger partial charge is 0.193 e. The molecular weight excluding hydrogens is 268 g/mol.